The maximum absolute atomic E-state index is 10.4. The molecule has 0 bridgehead atoms. The summed E-state index contributed by atoms with van der Waals surface area (Å²) in [5.74, 6) is -0.287. The number of alkyl halides is 1. The van der Waals surface area contributed by atoms with Crippen LogP contribution >= 0.6 is 43.4 Å². The molecule has 1 saturated heterocycles. The van der Waals surface area contributed by atoms with Gasteiger partial charge in [-0.25, -0.2) is 3.93 Å². The van der Waals surface area contributed by atoms with Gasteiger partial charge >= 0.3 is 0 Å². The number of benzene rings is 1. The molecule has 1 aliphatic heterocycles. The van der Waals surface area contributed by atoms with E-state index in [-0.39, 0.29) is 11.8 Å². The van der Waals surface area contributed by atoms with Crippen LogP contribution in [-0.2, 0) is 14.9 Å². The van der Waals surface area contributed by atoms with E-state index in [1.165, 1.54) is 15.6 Å². The van der Waals surface area contributed by atoms with Crippen molar-refractivity contribution in [2.45, 2.75) is 18.2 Å². The van der Waals surface area contributed by atoms with E-state index in [1.807, 2.05) is 0 Å². The van der Waals surface area contributed by atoms with Crippen LogP contribution in [0.4, 0.5) is 0 Å². The summed E-state index contributed by atoms with van der Waals surface area (Å²) >= 11 is 8.03. The van der Waals surface area contributed by atoms with Crippen molar-refractivity contribution < 1.29 is 9.59 Å². The molecule has 0 radical (unpaired) electrons. The molecule has 0 saturated carbocycles. The van der Waals surface area contributed by atoms with Crippen molar-refractivity contribution in [3.05, 3.63) is 35.2 Å². The van der Waals surface area contributed by atoms with E-state index >= 15 is 0 Å². The Morgan fingerprint density at radius 3 is 2.37 bits per heavy atom. The van der Waals surface area contributed by atoms with E-state index in [1.54, 1.807) is 11.3 Å². The molecular weight excluding hydrogens is 394 g/mol. The fourth-order valence-corrected chi connectivity index (χ4v) is 3.12. The van der Waals surface area contributed by atoms with Gasteiger partial charge in [0.1, 0.15) is 0 Å². The van der Waals surface area contributed by atoms with Gasteiger partial charge in [-0.05, 0) is 34.5 Å². The van der Waals surface area contributed by atoms with Gasteiger partial charge in [-0.1, -0.05) is 22.0 Å². The van der Waals surface area contributed by atoms with Crippen LogP contribution in [-0.4, -0.2) is 15.7 Å². The van der Waals surface area contributed by atoms with Crippen molar-refractivity contribution in [2.75, 3.05) is 0 Å². The van der Waals surface area contributed by atoms with E-state index in [2.05, 4.69) is 61.7 Å². The SMILES string of the molecule is BrCc1ccc2sccc2c1.O=C1CCC(=O)N1Br. The Morgan fingerprint density at radius 2 is 1.84 bits per heavy atom. The van der Waals surface area contributed by atoms with Crippen LogP contribution in [0, 0.1) is 0 Å². The van der Waals surface area contributed by atoms with Crippen molar-refractivity contribution in [3.8, 4) is 0 Å². The summed E-state index contributed by atoms with van der Waals surface area (Å²) in [7, 11) is 0. The molecule has 1 aliphatic rings. The Balaban J connectivity index is 0.000000148. The lowest BCUT2D eigenvalue weighted by atomic mass is 10.2. The number of halogens is 2. The van der Waals surface area contributed by atoms with E-state index in [9.17, 15) is 9.59 Å². The Morgan fingerprint density at radius 1 is 1.16 bits per heavy atom. The van der Waals surface area contributed by atoms with Crippen molar-refractivity contribution in [1.82, 2.24) is 3.93 Å². The molecule has 19 heavy (non-hydrogen) atoms. The van der Waals surface area contributed by atoms with Gasteiger partial charge in [0.25, 0.3) is 0 Å². The normalized spacial score (nSPS) is 14.7. The number of imide groups is 1. The second-order valence-electron chi connectivity index (χ2n) is 3.99. The van der Waals surface area contributed by atoms with Crippen LogP contribution in [0.5, 0.6) is 0 Å². The Bertz CT molecular complexity index is 595. The van der Waals surface area contributed by atoms with Gasteiger partial charge < -0.3 is 0 Å². The highest BCUT2D eigenvalue weighted by atomic mass is 79.9. The van der Waals surface area contributed by atoms with Crippen LogP contribution in [0.2, 0.25) is 0 Å². The largest absolute Gasteiger partial charge is 0.274 e. The van der Waals surface area contributed by atoms with Gasteiger partial charge in [0.15, 0.2) is 0 Å². The molecule has 3 rings (SSSR count). The third kappa shape index (κ3) is 3.64. The molecule has 100 valence electrons. The molecule has 2 heterocycles. The minimum Gasteiger partial charge on any atom is -0.274 e. The van der Waals surface area contributed by atoms with E-state index in [0.717, 1.165) is 9.26 Å². The Labute approximate surface area is 132 Å². The summed E-state index contributed by atoms with van der Waals surface area (Å²) in [4.78, 5) is 20.9. The molecule has 0 N–H and O–H groups in total. The number of hydrogen-bond donors (Lipinski definition) is 0. The molecule has 0 aliphatic carbocycles. The summed E-state index contributed by atoms with van der Waals surface area (Å²) in [6.07, 6.45) is 0.703. The van der Waals surface area contributed by atoms with Gasteiger partial charge in [-0.2, -0.15) is 0 Å². The highest BCUT2D eigenvalue weighted by Gasteiger charge is 2.26. The number of hydrogen-bond acceptors (Lipinski definition) is 3. The molecule has 1 aromatic carbocycles. The second-order valence-corrected chi connectivity index (χ2v) is 6.21. The number of thiophene rings is 1. The Kier molecular flexibility index (Phi) is 5.13. The topological polar surface area (TPSA) is 37.4 Å². The van der Waals surface area contributed by atoms with Gasteiger partial charge in [-0.15, -0.1) is 11.3 Å². The number of carbonyl (C=O) groups excluding carboxylic acids is 2. The standard InChI is InChI=1S/C9H7BrS.C4H4BrNO2/c10-6-7-1-2-9-8(5-7)3-4-11-9;5-6-3(7)1-2-4(6)8/h1-5H,6H2;1-2H2. The molecule has 0 unspecified atom stereocenters. The maximum Gasteiger partial charge on any atom is 0.239 e. The first-order valence-corrected chi connectivity index (χ1v) is 8.36. The van der Waals surface area contributed by atoms with E-state index in [0.29, 0.717) is 12.8 Å². The fraction of sp³-hybridized carbons (Fsp3) is 0.231. The highest BCUT2D eigenvalue weighted by molar-refractivity contribution is 9.08. The van der Waals surface area contributed by atoms with Gasteiger partial charge in [0.05, 0.1) is 16.1 Å². The lowest BCUT2D eigenvalue weighted by Gasteiger charge is -1.97. The van der Waals surface area contributed by atoms with Crippen molar-refractivity contribution >= 4 is 65.3 Å². The zero-order valence-electron chi connectivity index (χ0n) is 9.94. The monoisotopic (exact) mass is 403 g/mol. The molecule has 1 fully saturated rings. The minimum atomic E-state index is -0.144. The number of nitrogens with zero attached hydrogens (tertiary/aromatic N) is 1. The predicted molar refractivity (Wildman–Crippen MR) is 84.5 cm³/mol. The molecule has 1 aromatic heterocycles. The lowest BCUT2D eigenvalue weighted by Crippen LogP contribution is -2.16. The fourth-order valence-electron chi connectivity index (χ4n) is 1.65. The van der Waals surface area contributed by atoms with Crippen LogP contribution in [0.3, 0.4) is 0 Å². The molecule has 3 nitrogen and oxygen atoms in total. The summed E-state index contributed by atoms with van der Waals surface area (Å²) < 4.78 is 2.35. The molecule has 2 aromatic rings. The maximum atomic E-state index is 10.4. The van der Waals surface area contributed by atoms with Crippen molar-refractivity contribution in [3.63, 3.8) is 0 Å². The van der Waals surface area contributed by atoms with Gasteiger partial charge in [0, 0.05) is 22.9 Å². The minimum absolute atomic E-state index is 0.144. The second kappa shape index (κ2) is 6.63. The lowest BCUT2D eigenvalue weighted by molar-refractivity contribution is -0.131. The number of amides is 2. The average molecular weight is 405 g/mol. The first-order valence-electron chi connectivity index (χ1n) is 5.65. The first-order chi connectivity index (χ1) is 9.11. The van der Waals surface area contributed by atoms with Crippen LogP contribution < -0.4 is 0 Å². The summed E-state index contributed by atoms with van der Waals surface area (Å²) in [6.45, 7) is 0. The van der Waals surface area contributed by atoms with E-state index < -0.39 is 0 Å². The quantitative estimate of drug-likeness (QED) is 0.405. The van der Waals surface area contributed by atoms with Crippen LogP contribution in [0.1, 0.15) is 18.4 Å². The molecular formula is C13H11Br2NO2S. The first kappa shape index (κ1) is 14.7. The van der Waals surface area contributed by atoms with Crippen LogP contribution in [0.15, 0.2) is 29.6 Å². The zero-order valence-corrected chi connectivity index (χ0v) is 13.9. The van der Waals surface area contributed by atoms with Crippen molar-refractivity contribution in [2.24, 2.45) is 0 Å². The number of carbonyl (C=O) groups is 2. The van der Waals surface area contributed by atoms with Crippen molar-refractivity contribution in [1.29, 1.82) is 0 Å². The smallest absolute Gasteiger partial charge is 0.239 e. The van der Waals surface area contributed by atoms with E-state index in [4.69, 9.17) is 0 Å². The number of rotatable bonds is 1. The summed E-state index contributed by atoms with van der Waals surface area (Å²) in [5, 5.41) is 4.42. The molecule has 2 amide bonds. The van der Waals surface area contributed by atoms with Gasteiger partial charge in [0.2, 0.25) is 11.8 Å². The number of fused-ring (bicyclic) bond motifs is 1. The summed E-state index contributed by atoms with van der Waals surface area (Å²) in [5.41, 5.74) is 1.34. The average Bonchev–Trinajstić information content (AvgIpc) is 3.01. The predicted octanol–water partition coefficient (Wildman–Crippen LogP) is 4.24. The molecule has 6 heteroatoms. The third-order valence-electron chi connectivity index (χ3n) is 2.66. The summed E-state index contributed by atoms with van der Waals surface area (Å²) in [6, 6.07) is 8.72. The third-order valence-corrected chi connectivity index (χ3v) is 5.00. The Hall–Kier alpha value is -0.720. The molecule has 0 spiro atoms. The highest BCUT2D eigenvalue weighted by Crippen LogP contribution is 2.22. The van der Waals surface area contributed by atoms with Crippen LogP contribution in [0.25, 0.3) is 10.1 Å². The zero-order chi connectivity index (χ0) is 13.8. The van der Waals surface area contributed by atoms with Gasteiger partial charge in [-0.3, -0.25) is 9.59 Å². The molecule has 0 atom stereocenters.